The molecular formula is C11H9BrClNO3. The van der Waals surface area contributed by atoms with E-state index in [4.69, 9.17) is 11.6 Å². The summed E-state index contributed by atoms with van der Waals surface area (Å²) < 4.78 is 6.68. The molecule has 0 aliphatic rings. The van der Waals surface area contributed by atoms with Crippen LogP contribution >= 0.6 is 27.5 Å². The maximum absolute atomic E-state index is 11.7. The fourth-order valence-electron chi connectivity index (χ4n) is 1.71. The molecule has 90 valence electrons. The zero-order valence-electron chi connectivity index (χ0n) is 9.16. The summed E-state index contributed by atoms with van der Waals surface area (Å²) in [4.78, 5) is 23.3. The molecule has 2 aromatic rings. The van der Waals surface area contributed by atoms with Crippen LogP contribution in [0.2, 0.25) is 5.02 Å². The van der Waals surface area contributed by atoms with Crippen molar-refractivity contribution in [3.05, 3.63) is 42.6 Å². The Kier molecular flexibility index (Phi) is 3.14. The first-order chi connectivity index (χ1) is 7.91. The topological polar surface area (TPSA) is 52.2 Å². The molecule has 0 saturated carbocycles. The number of halogens is 2. The van der Waals surface area contributed by atoms with Crippen molar-refractivity contribution in [3.63, 3.8) is 0 Å². The smallest absolute Gasteiger partial charge is 0.372 e. The van der Waals surface area contributed by atoms with Crippen molar-refractivity contribution in [1.29, 1.82) is 0 Å². The molecule has 17 heavy (non-hydrogen) atoms. The summed E-state index contributed by atoms with van der Waals surface area (Å²) in [5, 5.41) is 0.698. The zero-order valence-corrected chi connectivity index (χ0v) is 11.5. The summed E-state index contributed by atoms with van der Waals surface area (Å²) >= 11 is 9.18. The fourth-order valence-corrected chi connectivity index (χ4v) is 2.71. The molecule has 4 nitrogen and oxygen atoms in total. The van der Waals surface area contributed by atoms with Crippen LogP contribution < -0.4 is 11.4 Å². The molecule has 0 amide bonds. The summed E-state index contributed by atoms with van der Waals surface area (Å²) in [6.07, 6.45) is 0. The first-order valence-corrected chi connectivity index (χ1v) is 6.13. The first kappa shape index (κ1) is 12.4. The number of benzene rings is 1. The molecule has 0 bridgehead atoms. The van der Waals surface area contributed by atoms with E-state index in [1.165, 1.54) is 10.6 Å². The molecule has 1 aromatic heterocycles. The van der Waals surface area contributed by atoms with Gasteiger partial charge < -0.3 is 4.42 Å². The van der Waals surface area contributed by atoms with Gasteiger partial charge in [-0.25, -0.2) is 9.59 Å². The van der Waals surface area contributed by atoms with Gasteiger partial charge in [0, 0.05) is 15.5 Å². The number of fused-ring (bicyclic) bond motifs is 1. The SMILES string of the molecule is CC(C)n1c(=O)oc(=O)c2cc(Cl)cc(Br)c21. The maximum Gasteiger partial charge on any atom is 0.422 e. The molecule has 1 heterocycles. The van der Waals surface area contributed by atoms with Gasteiger partial charge in [-0.15, -0.1) is 0 Å². The van der Waals surface area contributed by atoms with Crippen LogP contribution in [0.5, 0.6) is 0 Å². The van der Waals surface area contributed by atoms with Crippen LogP contribution in [0.25, 0.3) is 10.9 Å². The number of hydrogen-bond donors (Lipinski definition) is 0. The van der Waals surface area contributed by atoms with Crippen molar-refractivity contribution in [2.24, 2.45) is 0 Å². The van der Waals surface area contributed by atoms with Crippen molar-refractivity contribution in [2.75, 3.05) is 0 Å². The first-order valence-electron chi connectivity index (χ1n) is 4.96. The summed E-state index contributed by atoms with van der Waals surface area (Å²) in [6.45, 7) is 3.67. The van der Waals surface area contributed by atoms with E-state index in [-0.39, 0.29) is 11.4 Å². The van der Waals surface area contributed by atoms with Crippen molar-refractivity contribution >= 4 is 38.4 Å². The lowest BCUT2D eigenvalue weighted by molar-refractivity contribution is 0.398. The largest absolute Gasteiger partial charge is 0.422 e. The van der Waals surface area contributed by atoms with Gasteiger partial charge in [-0.3, -0.25) is 4.57 Å². The Hall–Kier alpha value is -1.07. The molecule has 0 spiro atoms. The van der Waals surface area contributed by atoms with Crippen LogP contribution in [0, 0.1) is 0 Å². The second-order valence-electron chi connectivity index (χ2n) is 3.90. The van der Waals surface area contributed by atoms with Crippen LogP contribution in [0.1, 0.15) is 19.9 Å². The van der Waals surface area contributed by atoms with Crippen molar-refractivity contribution in [3.8, 4) is 0 Å². The normalized spacial score (nSPS) is 11.4. The Morgan fingerprint density at radius 2 is 2.00 bits per heavy atom. The van der Waals surface area contributed by atoms with Gasteiger partial charge in [0.05, 0.1) is 10.9 Å². The summed E-state index contributed by atoms with van der Waals surface area (Å²) in [6, 6.07) is 3.01. The Labute approximate surface area is 110 Å². The minimum Gasteiger partial charge on any atom is -0.372 e. The number of rotatable bonds is 1. The summed E-state index contributed by atoms with van der Waals surface area (Å²) in [7, 11) is 0. The van der Waals surface area contributed by atoms with Crippen LogP contribution in [0.15, 0.2) is 30.6 Å². The van der Waals surface area contributed by atoms with Gasteiger partial charge in [0.25, 0.3) is 0 Å². The quantitative estimate of drug-likeness (QED) is 0.812. The van der Waals surface area contributed by atoms with E-state index in [0.717, 1.165) is 0 Å². The van der Waals surface area contributed by atoms with Crippen LogP contribution in [-0.2, 0) is 0 Å². The highest BCUT2D eigenvalue weighted by molar-refractivity contribution is 9.10. The number of hydrogen-bond acceptors (Lipinski definition) is 3. The number of aromatic nitrogens is 1. The Bertz CT molecular complexity index is 702. The van der Waals surface area contributed by atoms with E-state index in [9.17, 15) is 9.59 Å². The number of nitrogens with zero attached hydrogens (tertiary/aromatic N) is 1. The highest BCUT2D eigenvalue weighted by atomic mass is 79.9. The van der Waals surface area contributed by atoms with E-state index < -0.39 is 11.4 Å². The lowest BCUT2D eigenvalue weighted by Crippen LogP contribution is -2.26. The van der Waals surface area contributed by atoms with Gasteiger partial charge >= 0.3 is 11.4 Å². The molecule has 0 atom stereocenters. The molecule has 6 heteroatoms. The summed E-state index contributed by atoms with van der Waals surface area (Å²) in [5.41, 5.74) is -0.171. The van der Waals surface area contributed by atoms with E-state index in [1.807, 2.05) is 13.8 Å². The molecule has 0 fully saturated rings. The molecule has 1 aromatic carbocycles. The Morgan fingerprint density at radius 1 is 1.35 bits per heavy atom. The van der Waals surface area contributed by atoms with Crippen LogP contribution in [0.3, 0.4) is 0 Å². The van der Waals surface area contributed by atoms with Crippen LogP contribution in [0.4, 0.5) is 0 Å². The fraction of sp³-hybridized carbons (Fsp3) is 0.273. The second kappa shape index (κ2) is 4.31. The Morgan fingerprint density at radius 3 is 2.59 bits per heavy atom. The molecule has 0 N–H and O–H groups in total. The predicted octanol–water partition coefficient (Wildman–Crippen LogP) is 2.95. The zero-order chi connectivity index (χ0) is 12.7. The lowest BCUT2D eigenvalue weighted by atomic mass is 10.2. The van der Waals surface area contributed by atoms with Gasteiger partial charge in [0.1, 0.15) is 0 Å². The molecule has 0 aliphatic carbocycles. The third-order valence-electron chi connectivity index (χ3n) is 2.38. The Balaban J connectivity index is 3.11. The standard InChI is InChI=1S/C11H9BrClNO3/c1-5(2)14-9-7(10(15)17-11(14)16)3-6(13)4-8(9)12/h3-5H,1-2H3. The molecule has 0 saturated heterocycles. The van der Waals surface area contributed by atoms with Gasteiger partial charge in [0.15, 0.2) is 0 Å². The van der Waals surface area contributed by atoms with Crippen LogP contribution in [-0.4, -0.2) is 4.57 Å². The minimum absolute atomic E-state index is 0.119. The lowest BCUT2D eigenvalue weighted by Gasteiger charge is -2.13. The third kappa shape index (κ3) is 2.05. The molecule has 0 unspecified atom stereocenters. The molecule has 0 aliphatic heterocycles. The van der Waals surface area contributed by atoms with Crippen molar-refractivity contribution in [1.82, 2.24) is 4.57 Å². The van der Waals surface area contributed by atoms with E-state index >= 15 is 0 Å². The van der Waals surface area contributed by atoms with Gasteiger partial charge in [-0.2, -0.15) is 0 Å². The molecule has 2 rings (SSSR count). The average molecular weight is 319 g/mol. The van der Waals surface area contributed by atoms with E-state index in [1.54, 1.807) is 6.07 Å². The third-order valence-corrected chi connectivity index (χ3v) is 3.20. The van der Waals surface area contributed by atoms with Crippen molar-refractivity contribution in [2.45, 2.75) is 19.9 Å². The average Bonchev–Trinajstić information content (AvgIpc) is 2.19. The predicted molar refractivity (Wildman–Crippen MR) is 69.8 cm³/mol. The molecule has 0 radical (unpaired) electrons. The van der Waals surface area contributed by atoms with Crippen molar-refractivity contribution < 1.29 is 4.42 Å². The van der Waals surface area contributed by atoms with Gasteiger partial charge in [0.2, 0.25) is 0 Å². The highest BCUT2D eigenvalue weighted by Crippen LogP contribution is 2.26. The van der Waals surface area contributed by atoms with Gasteiger partial charge in [-0.1, -0.05) is 11.6 Å². The molecular weight excluding hydrogens is 309 g/mol. The highest BCUT2D eigenvalue weighted by Gasteiger charge is 2.15. The monoisotopic (exact) mass is 317 g/mol. The van der Waals surface area contributed by atoms with E-state index in [0.29, 0.717) is 15.0 Å². The summed E-state index contributed by atoms with van der Waals surface area (Å²) in [5.74, 6) is -0.666. The van der Waals surface area contributed by atoms with Gasteiger partial charge in [-0.05, 0) is 41.9 Å². The van der Waals surface area contributed by atoms with E-state index in [2.05, 4.69) is 20.3 Å². The maximum atomic E-state index is 11.7. The minimum atomic E-state index is -0.676. The second-order valence-corrected chi connectivity index (χ2v) is 5.19.